The maximum Gasteiger partial charge on any atom is 0.241 e. The van der Waals surface area contributed by atoms with Gasteiger partial charge in [-0.2, -0.15) is 19.9 Å². The molecular formula is C20H32N6O5S. The lowest BCUT2D eigenvalue weighted by Gasteiger charge is -2.19. The molecule has 12 heteroatoms. The fourth-order valence-electron chi connectivity index (χ4n) is 3.19. The first-order valence-electron chi connectivity index (χ1n) is 10.2. The minimum absolute atomic E-state index is 0.0896. The molecule has 3 N–H and O–H groups in total. The molecule has 11 nitrogen and oxygen atoms in total. The molecule has 2 rings (SSSR count). The highest BCUT2D eigenvalue weighted by Crippen LogP contribution is 2.29. The lowest BCUT2D eigenvalue weighted by molar-refractivity contribution is 0.259. The number of hydrogen-bond acceptors (Lipinski definition) is 10. The van der Waals surface area contributed by atoms with Crippen molar-refractivity contribution in [3.8, 4) is 11.8 Å². The summed E-state index contributed by atoms with van der Waals surface area (Å²) < 4.78 is 36.3. The standard InChI is InChI=1S/C20H32N6O5S/c1-12(2)9-14(11-27)21-19-22-16(23-20(25-19)26-32(6,28)29)10-13(3)15-7-8-17(30-4)24-18(15)31-5/h7-8,12-14,27H,9-11H2,1-6H3,(H2,21,22,23,25,26)/t13-,14+/m0/s1. The molecule has 2 atom stereocenters. The van der Waals surface area contributed by atoms with E-state index in [1.807, 2.05) is 26.8 Å². The molecule has 0 bridgehead atoms. The van der Waals surface area contributed by atoms with Crippen LogP contribution in [-0.4, -0.2) is 66.6 Å². The monoisotopic (exact) mass is 468 g/mol. The van der Waals surface area contributed by atoms with E-state index >= 15 is 0 Å². The summed E-state index contributed by atoms with van der Waals surface area (Å²) in [6.07, 6.45) is 2.08. The molecule has 0 aliphatic rings. The number of methoxy groups -OCH3 is 2. The zero-order valence-corrected chi connectivity index (χ0v) is 20.1. The van der Waals surface area contributed by atoms with E-state index in [9.17, 15) is 13.5 Å². The minimum Gasteiger partial charge on any atom is -0.481 e. The second-order valence-corrected chi connectivity index (χ2v) is 9.73. The third kappa shape index (κ3) is 7.75. The molecule has 2 aromatic rings. The van der Waals surface area contributed by atoms with E-state index < -0.39 is 10.0 Å². The molecule has 2 aromatic heterocycles. The Labute approximate surface area is 189 Å². The Hall–Kier alpha value is -2.73. The average Bonchev–Trinajstić information content (AvgIpc) is 2.70. The first-order chi connectivity index (χ1) is 15.0. The van der Waals surface area contributed by atoms with Crippen molar-refractivity contribution in [2.75, 3.05) is 37.1 Å². The summed E-state index contributed by atoms with van der Waals surface area (Å²) >= 11 is 0. The van der Waals surface area contributed by atoms with Gasteiger partial charge in [-0.15, -0.1) is 0 Å². The number of sulfonamides is 1. The number of anilines is 2. The van der Waals surface area contributed by atoms with Crippen LogP contribution in [-0.2, 0) is 16.4 Å². The first-order valence-corrected chi connectivity index (χ1v) is 12.1. The molecule has 0 unspecified atom stereocenters. The fraction of sp³-hybridized carbons (Fsp3) is 0.600. The Balaban J connectivity index is 2.35. The van der Waals surface area contributed by atoms with Gasteiger partial charge < -0.3 is 19.9 Å². The molecule has 0 aromatic carbocycles. The molecule has 0 fully saturated rings. The summed E-state index contributed by atoms with van der Waals surface area (Å²) in [5.41, 5.74) is 0.828. The van der Waals surface area contributed by atoms with Gasteiger partial charge in [0.15, 0.2) is 0 Å². The molecule has 0 aliphatic carbocycles. The van der Waals surface area contributed by atoms with Gasteiger partial charge in [-0.05, 0) is 24.3 Å². The van der Waals surface area contributed by atoms with Crippen molar-refractivity contribution < 1.29 is 23.0 Å². The van der Waals surface area contributed by atoms with Gasteiger partial charge >= 0.3 is 0 Å². The highest BCUT2D eigenvalue weighted by Gasteiger charge is 2.19. The van der Waals surface area contributed by atoms with Crippen LogP contribution in [0, 0.1) is 5.92 Å². The van der Waals surface area contributed by atoms with Gasteiger partial charge in [0.25, 0.3) is 0 Å². The van der Waals surface area contributed by atoms with Crippen molar-refractivity contribution in [1.82, 2.24) is 19.9 Å². The Morgan fingerprint density at radius 2 is 1.72 bits per heavy atom. The predicted molar refractivity (Wildman–Crippen MR) is 122 cm³/mol. The average molecular weight is 469 g/mol. The third-order valence-corrected chi connectivity index (χ3v) is 5.11. The molecular weight excluding hydrogens is 436 g/mol. The summed E-state index contributed by atoms with van der Waals surface area (Å²) in [6.45, 7) is 5.93. The number of ether oxygens (including phenoxy) is 2. The smallest absolute Gasteiger partial charge is 0.241 e. The van der Waals surface area contributed by atoms with Crippen LogP contribution in [0.5, 0.6) is 11.8 Å². The molecule has 0 amide bonds. The summed E-state index contributed by atoms with van der Waals surface area (Å²) in [6, 6.07) is 3.32. The van der Waals surface area contributed by atoms with E-state index in [0.717, 1.165) is 11.8 Å². The van der Waals surface area contributed by atoms with Crippen LogP contribution < -0.4 is 19.5 Å². The summed E-state index contributed by atoms with van der Waals surface area (Å²) in [5.74, 6) is 1.57. The molecule has 178 valence electrons. The van der Waals surface area contributed by atoms with E-state index in [4.69, 9.17) is 9.47 Å². The van der Waals surface area contributed by atoms with Crippen LogP contribution in [0.3, 0.4) is 0 Å². The zero-order chi connectivity index (χ0) is 23.9. The fourth-order valence-corrected chi connectivity index (χ4v) is 3.61. The number of aliphatic hydroxyl groups is 1. The maximum atomic E-state index is 11.7. The molecule has 0 saturated heterocycles. The first kappa shape index (κ1) is 25.5. The second kappa shape index (κ2) is 11.2. The zero-order valence-electron chi connectivity index (χ0n) is 19.3. The molecule has 0 aliphatic heterocycles. The number of hydrogen-bond donors (Lipinski definition) is 3. The number of rotatable bonds is 12. The quantitative estimate of drug-likeness (QED) is 0.421. The Kier molecular flexibility index (Phi) is 8.96. The van der Waals surface area contributed by atoms with Crippen molar-refractivity contribution >= 4 is 21.9 Å². The van der Waals surface area contributed by atoms with Crippen LogP contribution in [0.25, 0.3) is 0 Å². The Morgan fingerprint density at radius 1 is 1.03 bits per heavy atom. The van der Waals surface area contributed by atoms with Crippen LogP contribution in [0.4, 0.5) is 11.9 Å². The maximum absolute atomic E-state index is 11.7. The van der Waals surface area contributed by atoms with Crippen molar-refractivity contribution in [2.45, 2.75) is 45.6 Å². The minimum atomic E-state index is -3.59. The number of pyridine rings is 1. The van der Waals surface area contributed by atoms with Crippen LogP contribution in [0.1, 0.15) is 44.5 Å². The Bertz CT molecular complexity index is 1000. The molecule has 0 spiro atoms. The van der Waals surface area contributed by atoms with Gasteiger partial charge in [0, 0.05) is 18.1 Å². The van der Waals surface area contributed by atoms with Gasteiger partial charge in [-0.1, -0.05) is 20.8 Å². The Morgan fingerprint density at radius 3 is 2.28 bits per heavy atom. The van der Waals surface area contributed by atoms with Gasteiger partial charge in [-0.25, -0.2) is 8.42 Å². The number of nitrogens with one attached hydrogen (secondary N) is 2. The summed E-state index contributed by atoms with van der Waals surface area (Å²) in [5, 5.41) is 12.8. The van der Waals surface area contributed by atoms with E-state index in [2.05, 4.69) is 30.0 Å². The number of aromatic nitrogens is 4. The highest BCUT2D eigenvalue weighted by molar-refractivity contribution is 7.91. The van der Waals surface area contributed by atoms with Crippen LogP contribution in [0.15, 0.2) is 12.1 Å². The lowest BCUT2D eigenvalue weighted by atomic mass is 9.98. The molecule has 0 radical (unpaired) electrons. The van der Waals surface area contributed by atoms with Gasteiger partial charge in [0.2, 0.25) is 33.7 Å². The highest BCUT2D eigenvalue weighted by atomic mass is 32.2. The van der Waals surface area contributed by atoms with E-state index in [-0.39, 0.29) is 30.5 Å². The predicted octanol–water partition coefficient (Wildman–Crippen LogP) is 1.82. The number of nitrogens with zero attached hydrogens (tertiary/aromatic N) is 4. The topological polar surface area (TPSA) is 148 Å². The third-order valence-electron chi connectivity index (χ3n) is 4.55. The van der Waals surface area contributed by atoms with Gasteiger partial charge in [-0.3, -0.25) is 4.72 Å². The molecule has 2 heterocycles. The van der Waals surface area contributed by atoms with Crippen LogP contribution >= 0.6 is 0 Å². The van der Waals surface area contributed by atoms with E-state index in [1.165, 1.54) is 14.2 Å². The largest absolute Gasteiger partial charge is 0.481 e. The SMILES string of the molecule is COc1ccc([C@@H](C)Cc2nc(N[C@@H](CO)CC(C)C)nc(NS(C)(=O)=O)n2)c(OC)n1. The molecule has 32 heavy (non-hydrogen) atoms. The normalized spacial score (nSPS) is 13.5. The second-order valence-electron chi connectivity index (χ2n) is 7.98. The van der Waals surface area contributed by atoms with E-state index in [1.54, 1.807) is 6.07 Å². The van der Waals surface area contributed by atoms with Gasteiger partial charge in [0.1, 0.15) is 5.82 Å². The number of aliphatic hydroxyl groups excluding tert-OH is 1. The van der Waals surface area contributed by atoms with Gasteiger partial charge in [0.05, 0.1) is 33.1 Å². The van der Waals surface area contributed by atoms with Crippen LogP contribution in [0.2, 0.25) is 0 Å². The lowest BCUT2D eigenvalue weighted by Crippen LogP contribution is -2.27. The van der Waals surface area contributed by atoms with Crippen molar-refractivity contribution in [3.63, 3.8) is 0 Å². The molecule has 0 saturated carbocycles. The summed E-state index contributed by atoms with van der Waals surface area (Å²) in [7, 11) is -0.531. The van der Waals surface area contributed by atoms with Crippen molar-refractivity contribution in [2.24, 2.45) is 5.92 Å². The van der Waals surface area contributed by atoms with Crippen molar-refractivity contribution in [1.29, 1.82) is 0 Å². The van der Waals surface area contributed by atoms with Crippen molar-refractivity contribution in [3.05, 3.63) is 23.5 Å². The summed E-state index contributed by atoms with van der Waals surface area (Å²) in [4.78, 5) is 17.2. The van der Waals surface area contributed by atoms with E-state index in [0.29, 0.717) is 36.3 Å².